The van der Waals surface area contributed by atoms with Crippen LogP contribution in [0.3, 0.4) is 0 Å². The van der Waals surface area contributed by atoms with Crippen LogP contribution in [0.4, 0.5) is 0 Å². The maximum absolute atomic E-state index is 11.6. The smallest absolute Gasteiger partial charge is 0.229 e. The molecule has 1 aliphatic heterocycles. The van der Waals surface area contributed by atoms with Crippen LogP contribution in [0, 0.1) is 0 Å². The van der Waals surface area contributed by atoms with Gasteiger partial charge in [0.15, 0.2) is 0 Å². The van der Waals surface area contributed by atoms with E-state index < -0.39 is 7.37 Å². The van der Waals surface area contributed by atoms with Crippen molar-refractivity contribution in [2.45, 2.75) is 12.8 Å². The quantitative estimate of drug-likeness (QED) is 0.618. The number of benzene rings is 1. The number of hydrogen-bond donors (Lipinski definition) is 1. The van der Waals surface area contributed by atoms with Gasteiger partial charge in [0.05, 0.1) is 0 Å². The maximum Gasteiger partial charge on any atom is 0.229 e. The molecule has 2 nitrogen and oxygen atoms in total. The van der Waals surface area contributed by atoms with Crippen LogP contribution in [-0.4, -0.2) is 11.1 Å². The lowest BCUT2D eigenvalue weighted by Crippen LogP contribution is -2.18. The Morgan fingerprint density at radius 3 is 2.83 bits per heavy atom. The Hall–Kier alpha value is -0.590. The fourth-order valence-corrected chi connectivity index (χ4v) is 3.45. The molecule has 0 bridgehead atoms. The van der Waals surface area contributed by atoms with Gasteiger partial charge in [-0.3, -0.25) is 4.57 Å². The maximum atomic E-state index is 11.6. The van der Waals surface area contributed by atoms with Gasteiger partial charge in [-0.25, -0.2) is 0 Å². The van der Waals surface area contributed by atoms with E-state index in [4.69, 9.17) is 0 Å². The highest BCUT2D eigenvalue weighted by Gasteiger charge is 2.27. The Labute approximate surface area is 71.7 Å². The fraction of sp³-hybridized carbons (Fsp3) is 0.333. The molecule has 1 heterocycles. The third-order valence-electron chi connectivity index (χ3n) is 2.28. The molecule has 1 aliphatic rings. The highest BCUT2D eigenvalue weighted by atomic mass is 31.2. The predicted molar refractivity (Wildman–Crippen MR) is 49.1 cm³/mol. The van der Waals surface area contributed by atoms with Gasteiger partial charge in [0.1, 0.15) is 0 Å². The highest BCUT2D eigenvalue weighted by molar-refractivity contribution is 7.66. The number of fused-ring (bicyclic) bond motifs is 1. The Morgan fingerprint density at radius 2 is 2.08 bits per heavy atom. The monoisotopic (exact) mass is 182 g/mol. The van der Waals surface area contributed by atoms with E-state index in [2.05, 4.69) is 0 Å². The van der Waals surface area contributed by atoms with Gasteiger partial charge in [0.25, 0.3) is 0 Å². The lowest BCUT2D eigenvalue weighted by molar-refractivity contribution is 0.485. The molecule has 0 saturated carbocycles. The molecule has 1 atom stereocenters. The first-order valence-electron chi connectivity index (χ1n) is 4.10. The molecule has 0 aliphatic carbocycles. The lowest BCUT2D eigenvalue weighted by Gasteiger charge is -2.20. The summed E-state index contributed by atoms with van der Waals surface area (Å²) in [5.74, 6) is 0. The first-order chi connectivity index (χ1) is 5.70. The van der Waals surface area contributed by atoms with E-state index in [1.54, 1.807) is 6.07 Å². The first-order valence-corrected chi connectivity index (χ1v) is 5.95. The van der Waals surface area contributed by atoms with E-state index in [0.29, 0.717) is 11.5 Å². The zero-order valence-electron chi connectivity index (χ0n) is 6.73. The van der Waals surface area contributed by atoms with Crippen LogP contribution < -0.4 is 5.30 Å². The molecule has 0 amide bonds. The van der Waals surface area contributed by atoms with Crippen molar-refractivity contribution in [3.05, 3.63) is 29.8 Å². The fourth-order valence-electron chi connectivity index (χ4n) is 1.67. The molecule has 0 aromatic heterocycles. The second-order valence-corrected chi connectivity index (χ2v) is 5.49. The molecule has 0 saturated heterocycles. The molecule has 64 valence electrons. The average molecular weight is 182 g/mol. The highest BCUT2D eigenvalue weighted by Crippen LogP contribution is 2.44. The Bertz CT molecular complexity index is 346. The van der Waals surface area contributed by atoms with E-state index in [-0.39, 0.29) is 0 Å². The second kappa shape index (κ2) is 2.72. The van der Waals surface area contributed by atoms with Crippen molar-refractivity contribution in [1.82, 2.24) is 0 Å². The van der Waals surface area contributed by atoms with Gasteiger partial charge in [-0.2, -0.15) is 0 Å². The topological polar surface area (TPSA) is 37.3 Å². The summed E-state index contributed by atoms with van der Waals surface area (Å²) in [6.45, 7) is 0. The van der Waals surface area contributed by atoms with Gasteiger partial charge >= 0.3 is 0 Å². The summed E-state index contributed by atoms with van der Waals surface area (Å²) in [6.07, 6.45) is 2.23. The van der Waals surface area contributed by atoms with Gasteiger partial charge < -0.3 is 4.89 Å². The molecule has 1 N–H and O–H groups in total. The third-order valence-corrected chi connectivity index (χ3v) is 4.39. The summed E-state index contributed by atoms with van der Waals surface area (Å²) < 4.78 is 11.6. The lowest BCUT2D eigenvalue weighted by atomic mass is 10.1. The van der Waals surface area contributed by atoms with E-state index in [1.807, 2.05) is 18.2 Å². The van der Waals surface area contributed by atoms with Gasteiger partial charge in [0.2, 0.25) is 7.37 Å². The summed E-state index contributed by atoms with van der Waals surface area (Å²) in [4.78, 5) is 9.58. The first kappa shape index (κ1) is 8.03. The largest absolute Gasteiger partial charge is 0.341 e. The normalized spacial score (nSPS) is 28.1. The van der Waals surface area contributed by atoms with E-state index in [9.17, 15) is 9.46 Å². The Kier molecular flexibility index (Phi) is 1.82. The summed E-state index contributed by atoms with van der Waals surface area (Å²) >= 11 is 0. The van der Waals surface area contributed by atoms with Crippen LogP contribution in [0.25, 0.3) is 0 Å². The van der Waals surface area contributed by atoms with Crippen LogP contribution in [0.2, 0.25) is 0 Å². The van der Waals surface area contributed by atoms with Crippen LogP contribution in [-0.2, 0) is 11.0 Å². The molecule has 0 spiro atoms. The zero-order chi connectivity index (χ0) is 8.60. The van der Waals surface area contributed by atoms with Crippen LogP contribution in [0.15, 0.2) is 24.3 Å². The second-order valence-electron chi connectivity index (χ2n) is 3.16. The van der Waals surface area contributed by atoms with Gasteiger partial charge in [-0.15, -0.1) is 0 Å². The molecule has 3 heteroatoms. The predicted octanol–water partition coefficient (Wildman–Crippen LogP) is 1.53. The van der Waals surface area contributed by atoms with Gasteiger partial charge in [-0.1, -0.05) is 18.2 Å². The summed E-state index contributed by atoms with van der Waals surface area (Å²) in [5.41, 5.74) is 1.05. The number of rotatable bonds is 0. The van der Waals surface area contributed by atoms with E-state index >= 15 is 0 Å². The summed E-state index contributed by atoms with van der Waals surface area (Å²) in [5, 5.41) is 0.677. The van der Waals surface area contributed by atoms with Crippen molar-refractivity contribution in [2.75, 3.05) is 6.16 Å². The molecule has 0 fully saturated rings. The van der Waals surface area contributed by atoms with Crippen LogP contribution >= 0.6 is 7.37 Å². The summed E-state index contributed by atoms with van der Waals surface area (Å²) in [7, 11) is -2.98. The van der Waals surface area contributed by atoms with E-state index in [1.165, 1.54) is 0 Å². The van der Waals surface area contributed by atoms with Crippen molar-refractivity contribution in [2.24, 2.45) is 0 Å². The standard InChI is InChI=1S/C9H11O2P/c10-12(11)7-3-5-8-4-1-2-6-9(8)12/h1-2,4,6H,3,5,7H2,(H,10,11). The minimum Gasteiger partial charge on any atom is -0.341 e. The molecular weight excluding hydrogens is 171 g/mol. The molecule has 1 aromatic carbocycles. The Balaban J connectivity index is 2.59. The third kappa shape index (κ3) is 1.21. The zero-order valence-corrected chi connectivity index (χ0v) is 7.63. The molecule has 2 rings (SSSR count). The average Bonchev–Trinajstić information content (AvgIpc) is 2.04. The van der Waals surface area contributed by atoms with Crippen molar-refractivity contribution in [3.63, 3.8) is 0 Å². The Morgan fingerprint density at radius 1 is 1.33 bits per heavy atom. The van der Waals surface area contributed by atoms with Crippen molar-refractivity contribution in [3.8, 4) is 0 Å². The number of aryl methyl sites for hydroxylation is 1. The van der Waals surface area contributed by atoms with Crippen molar-refractivity contribution < 1.29 is 9.46 Å². The van der Waals surface area contributed by atoms with Gasteiger partial charge in [-0.05, 0) is 24.5 Å². The molecule has 1 unspecified atom stereocenters. The van der Waals surface area contributed by atoms with Crippen LogP contribution in [0.5, 0.6) is 0 Å². The van der Waals surface area contributed by atoms with Crippen molar-refractivity contribution >= 4 is 12.7 Å². The van der Waals surface area contributed by atoms with Crippen molar-refractivity contribution in [1.29, 1.82) is 0 Å². The molecule has 1 aromatic rings. The SMILES string of the molecule is O=P1(O)CCCc2ccccc21. The molecular formula is C9H11O2P. The number of hydrogen-bond acceptors (Lipinski definition) is 1. The minimum atomic E-state index is -2.98. The van der Waals surface area contributed by atoms with E-state index in [0.717, 1.165) is 18.4 Å². The summed E-state index contributed by atoms with van der Waals surface area (Å²) in [6, 6.07) is 7.46. The van der Waals surface area contributed by atoms with Crippen LogP contribution in [0.1, 0.15) is 12.0 Å². The minimum absolute atomic E-state index is 0.448. The van der Waals surface area contributed by atoms with Gasteiger partial charge in [0, 0.05) is 11.5 Å². The molecule has 0 radical (unpaired) electrons. The molecule has 12 heavy (non-hydrogen) atoms.